The standard InChI is InChI=1S/C34H13B11N2/c35-25-21-19(14-7-2-1-3-8-14)22-24(28(38)32(42)30(40)26(22)36)20(23(21)27(37)31(41)29(25)39)15-9-6-10-16(13-15)47-18-12-5-4-11-17(18)46-33(47)34(43,44)45/h1-13H. The van der Waals surface area contributed by atoms with E-state index in [-0.39, 0.29) is 49.5 Å². The molecule has 0 atom stereocenters. The fraction of sp³-hybridized carbons (Fsp3) is 0.0294. The van der Waals surface area contributed by atoms with Crippen LogP contribution in [0.25, 0.3) is 60.5 Å². The summed E-state index contributed by atoms with van der Waals surface area (Å²) in [4.78, 5) is 4.66. The number of hydrogen-bond acceptors (Lipinski definition) is 1. The van der Waals surface area contributed by atoms with Crippen LogP contribution in [-0.4, -0.2) is 95.9 Å². The number of aromatic nitrogens is 2. The summed E-state index contributed by atoms with van der Waals surface area (Å²) >= 11 is 0. The Labute approximate surface area is 288 Å². The molecule has 13 heteroatoms. The van der Waals surface area contributed by atoms with Gasteiger partial charge in [-0.05, 0) is 68.1 Å². The lowest BCUT2D eigenvalue weighted by Gasteiger charge is -2.29. The first-order chi connectivity index (χ1) is 22.3. The highest BCUT2D eigenvalue weighted by molar-refractivity contribution is 6.71. The van der Waals surface area contributed by atoms with E-state index in [2.05, 4.69) is 4.98 Å². The maximum atomic E-state index is 6.86. The lowest BCUT2D eigenvalue weighted by molar-refractivity contribution is 0.930. The first-order valence-electron chi connectivity index (χ1n) is 14.6. The maximum absolute atomic E-state index is 6.86. The van der Waals surface area contributed by atoms with Crippen LogP contribution in [0, 0.1) is 0 Å². The Hall–Kier alpha value is -3.98. The monoisotopic (exact) mass is 570 g/mol. The van der Waals surface area contributed by atoms with Crippen LogP contribution < -0.4 is 43.7 Å². The third-order valence-electron chi connectivity index (χ3n) is 8.72. The van der Waals surface area contributed by atoms with Crippen LogP contribution in [0.4, 0.5) is 0 Å². The second kappa shape index (κ2) is 11.3. The SMILES string of the molecule is [B]c1c([B])c([B])c2c(-c3cccc(-n4c(C([B])([B])[B])nc5ccccc54)c3)c3c([B])c([B])c([B])c([B])c3c(-c3ccccc3)c2c1[B]. The van der Waals surface area contributed by atoms with Crippen molar-refractivity contribution in [3.63, 3.8) is 0 Å². The summed E-state index contributed by atoms with van der Waals surface area (Å²) in [7, 11) is 72.0. The van der Waals surface area contributed by atoms with E-state index >= 15 is 0 Å². The minimum absolute atomic E-state index is 0.128. The third kappa shape index (κ3) is 4.75. The van der Waals surface area contributed by atoms with Gasteiger partial charge in [0.25, 0.3) is 0 Å². The van der Waals surface area contributed by atoms with Crippen molar-refractivity contribution in [3.05, 3.63) is 84.7 Å². The molecule has 7 aromatic rings. The fourth-order valence-electron chi connectivity index (χ4n) is 6.51. The molecule has 0 saturated carbocycles. The van der Waals surface area contributed by atoms with E-state index in [1.54, 1.807) is 4.57 Å². The Balaban J connectivity index is 1.72. The first-order valence-corrected chi connectivity index (χ1v) is 14.6. The van der Waals surface area contributed by atoms with Gasteiger partial charge < -0.3 is 0 Å². The second-order valence-electron chi connectivity index (χ2n) is 11.7. The molecule has 7 rings (SSSR count). The van der Waals surface area contributed by atoms with Crippen molar-refractivity contribution >= 4 is 163 Å². The molecule has 0 aliphatic rings. The van der Waals surface area contributed by atoms with Gasteiger partial charge in [0.1, 0.15) is 62.8 Å². The predicted molar refractivity (Wildman–Crippen MR) is 209 cm³/mol. The zero-order valence-corrected chi connectivity index (χ0v) is 25.3. The van der Waals surface area contributed by atoms with E-state index in [9.17, 15) is 0 Å². The molecule has 0 unspecified atom stereocenters. The van der Waals surface area contributed by atoms with Crippen LogP contribution in [-0.2, 0) is 5.11 Å². The molecule has 1 heterocycles. The summed E-state index contributed by atoms with van der Waals surface area (Å²) in [5.41, 5.74) is 6.05. The number of fused-ring (bicyclic) bond motifs is 3. The fourth-order valence-corrected chi connectivity index (χ4v) is 6.51. The number of nitrogens with zero attached hydrogens (tertiary/aromatic N) is 2. The van der Waals surface area contributed by atoms with Crippen LogP contribution in [0.1, 0.15) is 5.82 Å². The van der Waals surface area contributed by atoms with Crippen molar-refractivity contribution in [1.82, 2.24) is 9.55 Å². The van der Waals surface area contributed by atoms with Gasteiger partial charge in [0.2, 0.25) is 0 Å². The normalized spacial score (nSPS) is 11.9. The van der Waals surface area contributed by atoms with E-state index in [0.717, 1.165) is 11.1 Å². The van der Waals surface area contributed by atoms with Crippen LogP contribution >= 0.6 is 0 Å². The molecule has 0 fully saturated rings. The Morgan fingerprint density at radius 2 is 0.915 bits per heavy atom. The molecule has 6 aromatic carbocycles. The average molecular weight is 568 g/mol. The quantitative estimate of drug-likeness (QED) is 0.172. The molecule has 0 saturated heterocycles. The summed E-state index contributed by atoms with van der Waals surface area (Å²) in [5, 5.41) is 0.315. The molecule has 2 nitrogen and oxygen atoms in total. The smallest absolute Gasteiger partial charge is 0.113 e. The number of rotatable bonds is 4. The van der Waals surface area contributed by atoms with Gasteiger partial charge in [0.15, 0.2) is 0 Å². The third-order valence-corrected chi connectivity index (χ3v) is 8.72. The Morgan fingerprint density at radius 3 is 1.43 bits per heavy atom. The van der Waals surface area contributed by atoms with Gasteiger partial charge in [0, 0.05) is 5.69 Å². The summed E-state index contributed by atoms with van der Waals surface area (Å²) in [6, 6.07) is 24.6. The van der Waals surface area contributed by atoms with Crippen molar-refractivity contribution in [1.29, 1.82) is 0 Å². The van der Waals surface area contributed by atoms with Gasteiger partial charge in [-0.15, -0.1) is 21.9 Å². The van der Waals surface area contributed by atoms with Crippen molar-refractivity contribution in [3.8, 4) is 27.9 Å². The maximum Gasteiger partial charge on any atom is 0.113 e. The van der Waals surface area contributed by atoms with Gasteiger partial charge in [-0.2, -0.15) is 0 Å². The predicted octanol–water partition coefficient (Wildman–Crippen LogP) is -2.37. The van der Waals surface area contributed by atoms with Gasteiger partial charge >= 0.3 is 0 Å². The molecular formula is C34H13B11N2. The number of benzene rings is 6. The molecule has 192 valence electrons. The average Bonchev–Trinajstić information content (AvgIpc) is 3.48. The van der Waals surface area contributed by atoms with E-state index in [4.69, 9.17) is 86.3 Å². The molecule has 0 bridgehead atoms. The van der Waals surface area contributed by atoms with Gasteiger partial charge in [-0.25, -0.2) is 4.98 Å². The van der Waals surface area contributed by atoms with E-state index < -0.39 is 5.11 Å². The molecule has 0 aliphatic carbocycles. The lowest BCUT2D eigenvalue weighted by atomic mass is 9.42. The van der Waals surface area contributed by atoms with Crippen LogP contribution in [0.3, 0.4) is 0 Å². The van der Waals surface area contributed by atoms with Gasteiger partial charge in [0.05, 0.1) is 40.4 Å². The van der Waals surface area contributed by atoms with Crippen molar-refractivity contribution in [2.24, 2.45) is 0 Å². The van der Waals surface area contributed by atoms with Gasteiger partial charge in [-0.1, -0.05) is 81.6 Å². The Kier molecular flexibility index (Phi) is 7.62. The summed E-state index contributed by atoms with van der Waals surface area (Å²) in [6.45, 7) is 0. The Bertz CT molecular complexity index is 2350. The molecule has 0 spiro atoms. The molecule has 1 aromatic heterocycles. The number of hydrogen-bond donors (Lipinski definition) is 0. The van der Waals surface area contributed by atoms with E-state index in [1.807, 2.05) is 78.9 Å². The second-order valence-corrected chi connectivity index (χ2v) is 11.7. The molecule has 0 aliphatic heterocycles. The van der Waals surface area contributed by atoms with E-state index in [1.165, 1.54) is 0 Å². The number of imidazole rings is 1. The molecular weight excluding hydrogens is 555 g/mol. The summed E-state index contributed by atoms with van der Waals surface area (Å²) < 4.78 is 1.80. The largest absolute Gasteiger partial charge is 0.298 e. The number of para-hydroxylation sites is 2. The molecule has 22 radical (unpaired) electrons. The lowest BCUT2D eigenvalue weighted by Crippen LogP contribution is -2.50. The highest BCUT2D eigenvalue weighted by Crippen LogP contribution is 2.41. The first kappa shape index (κ1) is 31.6. The molecule has 0 amide bonds. The summed E-state index contributed by atoms with van der Waals surface area (Å²) in [6.07, 6.45) is 0. The van der Waals surface area contributed by atoms with Crippen molar-refractivity contribution in [2.75, 3.05) is 0 Å². The molecule has 47 heavy (non-hydrogen) atoms. The van der Waals surface area contributed by atoms with Crippen LogP contribution in [0.2, 0.25) is 0 Å². The minimum atomic E-state index is -1.76. The zero-order chi connectivity index (χ0) is 33.5. The minimum Gasteiger partial charge on any atom is -0.298 e. The topological polar surface area (TPSA) is 17.8 Å². The van der Waals surface area contributed by atoms with Crippen molar-refractivity contribution < 1.29 is 0 Å². The highest BCUT2D eigenvalue weighted by Gasteiger charge is 2.26. The van der Waals surface area contributed by atoms with Crippen LogP contribution in [0.5, 0.6) is 0 Å². The Morgan fingerprint density at radius 1 is 0.468 bits per heavy atom. The summed E-state index contributed by atoms with van der Waals surface area (Å²) in [5.74, 6) is 0.242. The van der Waals surface area contributed by atoms with Gasteiger partial charge in [-0.3, -0.25) is 4.57 Å². The highest BCUT2D eigenvalue weighted by atomic mass is 15.1. The van der Waals surface area contributed by atoms with E-state index in [0.29, 0.717) is 49.4 Å². The van der Waals surface area contributed by atoms with Crippen molar-refractivity contribution in [2.45, 2.75) is 5.11 Å². The molecule has 0 N–H and O–H groups in total. The zero-order valence-electron chi connectivity index (χ0n) is 25.3. The van der Waals surface area contributed by atoms with Crippen LogP contribution in [0.15, 0.2) is 78.9 Å².